The fourth-order valence-corrected chi connectivity index (χ4v) is 3.64. The molecule has 1 aromatic heterocycles. The van der Waals surface area contributed by atoms with Gasteiger partial charge < -0.3 is 15.0 Å². The second-order valence-corrected chi connectivity index (χ2v) is 7.71. The van der Waals surface area contributed by atoms with Crippen molar-refractivity contribution < 1.29 is 18.7 Å². The van der Waals surface area contributed by atoms with E-state index in [0.29, 0.717) is 27.3 Å². The van der Waals surface area contributed by atoms with E-state index < -0.39 is 11.8 Å². The SMILES string of the molecule is COc1ccc(Cl)cc1NC(=O)CN(C)C(=O)c1cnc(SC)n1-c1ccc(F)cc1. The first kappa shape index (κ1) is 22.6. The number of halogens is 2. The number of thioether (sulfide) groups is 1. The van der Waals surface area contributed by atoms with Crippen LogP contribution >= 0.6 is 23.4 Å². The number of carbonyl (C=O) groups is 2. The molecule has 0 unspecified atom stereocenters. The normalized spacial score (nSPS) is 10.6. The first-order valence-electron chi connectivity index (χ1n) is 9.10. The summed E-state index contributed by atoms with van der Waals surface area (Å²) in [6.07, 6.45) is 3.26. The standard InChI is InChI=1S/C21H20ClFN4O3S/c1-26(12-19(28)25-16-10-13(22)4-9-18(16)30-2)20(29)17-11-24-21(31-3)27(17)15-7-5-14(23)6-8-15/h4-11H,12H2,1-3H3,(H,25,28). The number of nitrogens with zero attached hydrogens (tertiary/aromatic N) is 3. The van der Waals surface area contributed by atoms with Gasteiger partial charge in [0.15, 0.2) is 5.16 Å². The molecule has 2 aromatic carbocycles. The molecule has 1 heterocycles. The van der Waals surface area contributed by atoms with E-state index in [2.05, 4.69) is 10.3 Å². The van der Waals surface area contributed by atoms with Gasteiger partial charge in [-0.3, -0.25) is 14.2 Å². The summed E-state index contributed by atoms with van der Waals surface area (Å²) in [4.78, 5) is 31.1. The maximum absolute atomic E-state index is 13.3. The lowest BCUT2D eigenvalue weighted by molar-refractivity contribution is -0.116. The summed E-state index contributed by atoms with van der Waals surface area (Å²) in [5.41, 5.74) is 1.25. The summed E-state index contributed by atoms with van der Waals surface area (Å²) in [5, 5.41) is 3.70. The molecule has 0 spiro atoms. The van der Waals surface area contributed by atoms with E-state index in [1.165, 1.54) is 49.1 Å². The Balaban J connectivity index is 1.79. The van der Waals surface area contributed by atoms with Gasteiger partial charge in [0.25, 0.3) is 5.91 Å². The van der Waals surface area contributed by atoms with Crippen LogP contribution < -0.4 is 10.1 Å². The van der Waals surface area contributed by atoms with Crippen molar-refractivity contribution in [2.24, 2.45) is 0 Å². The number of methoxy groups -OCH3 is 1. The van der Waals surface area contributed by atoms with Gasteiger partial charge in [0.2, 0.25) is 5.91 Å². The number of benzene rings is 2. The van der Waals surface area contributed by atoms with E-state index >= 15 is 0 Å². The molecule has 2 amide bonds. The average molecular weight is 463 g/mol. The molecular weight excluding hydrogens is 443 g/mol. The second-order valence-electron chi connectivity index (χ2n) is 6.50. The molecule has 3 aromatic rings. The number of ether oxygens (including phenoxy) is 1. The quantitative estimate of drug-likeness (QED) is 0.535. The Morgan fingerprint density at radius 1 is 1.26 bits per heavy atom. The van der Waals surface area contributed by atoms with Gasteiger partial charge in [-0.25, -0.2) is 9.37 Å². The van der Waals surface area contributed by atoms with Crippen LogP contribution in [0, 0.1) is 5.82 Å². The lowest BCUT2D eigenvalue weighted by atomic mass is 10.2. The van der Waals surface area contributed by atoms with Crippen molar-refractivity contribution in [3.8, 4) is 11.4 Å². The van der Waals surface area contributed by atoms with Gasteiger partial charge in [0.1, 0.15) is 17.3 Å². The lowest BCUT2D eigenvalue weighted by Crippen LogP contribution is -2.36. The van der Waals surface area contributed by atoms with E-state index in [-0.39, 0.29) is 18.1 Å². The first-order chi connectivity index (χ1) is 14.8. The molecule has 0 bridgehead atoms. The van der Waals surface area contributed by atoms with Crippen molar-refractivity contribution in [2.75, 3.05) is 32.3 Å². The molecule has 0 radical (unpaired) electrons. The van der Waals surface area contributed by atoms with Gasteiger partial charge in [-0.1, -0.05) is 23.4 Å². The fourth-order valence-electron chi connectivity index (χ4n) is 2.92. The van der Waals surface area contributed by atoms with Crippen molar-refractivity contribution in [2.45, 2.75) is 5.16 Å². The number of hydrogen-bond acceptors (Lipinski definition) is 5. The zero-order chi connectivity index (χ0) is 22.5. The monoisotopic (exact) mass is 462 g/mol. The number of nitrogens with one attached hydrogen (secondary N) is 1. The van der Waals surface area contributed by atoms with Gasteiger partial charge in [0, 0.05) is 17.8 Å². The Kier molecular flexibility index (Phi) is 7.19. The maximum atomic E-state index is 13.3. The number of rotatable bonds is 7. The fraction of sp³-hybridized carbons (Fsp3) is 0.190. The number of hydrogen-bond donors (Lipinski definition) is 1. The van der Waals surface area contributed by atoms with E-state index in [0.717, 1.165) is 0 Å². The highest BCUT2D eigenvalue weighted by atomic mass is 35.5. The minimum Gasteiger partial charge on any atom is -0.495 e. The Bertz CT molecular complexity index is 1100. The highest BCUT2D eigenvalue weighted by Crippen LogP contribution is 2.28. The van der Waals surface area contributed by atoms with Crippen LogP contribution in [0.1, 0.15) is 10.5 Å². The van der Waals surface area contributed by atoms with Crippen molar-refractivity contribution >= 4 is 40.9 Å². The largest absolute Gasteiger partial charge is 0.495 e. The summed E-state index contributed by atoms with van der Waals surface area (Å²) in [6.45, 7) is -0.211. The van der Waals surface area contributed by atoms with E-state index in [1.54, 1.807) is 34.9 Å². The number of aromatic nitrogens is 2. The third-order valence-electron chi connectivity index (χ3n) is 4.38. The van der Waals surface area contributed by atoms with Crippen LogP contribution in [0.4, 0.5) is 10.1 Å². The van der Waals surface area contributed by atoms with Crippen molar-refractivity contribution in [1.82, 2.24) is 14.5 Å². The summed E-state index contributed by atoms with van der Waals surface area (Å²) >= 11 is 7.34. The molecule has 3 rings (SSSR count). The smallest absolute Gasteiger partial charge is 0.272 e. The summed E-state index contributed by atoms with van der Waals surface area (Å²) in [7, 11) is 2.99. The molecule has 0 saturated heterocycles. The highest BCUT2D eigenvalue weighted by molar-refractivity contribution is 7.98. The second kappa shape index (κ2) is 9.84. The van der Waals surface area contributed by atoms with Crippen molar-refractivity contribution in [3.05, 3.63) is 65.2 Å². The van der Waals surface area contributed by atoms with Crippen LogP contribution in [-0.2, 0) is 4.79 Å². The summed E-state index contributed by atoms with van der Waals surface area (Å²) < 4.78 is 20.2. The number of anilines is 1. The molecule has 0 aliphatic rings. The molecule has 0 aliphatic carbocycles. The maximum Gasteiger partial charge on any atom is 0.272 e. The van der Waals surface area contributed by atoms with Crippen LogP contribution in [0.5, 0.6) is 5.75 Å². The van der Waals surface area contributed by atoms with Gasteiger partial charge in [-0.2, -0.15) is 0 Å². The van der Waals surface area contributed by atoms with Crippen LogP contribution in [0.3, 0.4) is 0 Å². The van der Waals surface area contributed by atoms with Crippen LogP contribution in [-0.4, -0.2) is 53.2 Å². The van der Waals surface area contributed by atoms with Crippen LogP contribution in [0.2, 0.25) is 5.02 Å². The third-order valence-corrected chi connectivity index (χ3v) is 5.27. The lowest BCUT2D eigenvalue weighted by Gasteiger charge is -2.19. The molecular formula is C21H20ClFN4O3S. The number of carbonyl (C=O) groups excluding carboxylic acids is 2. The zero-order valence-corrected chi connectivity index (χ0v) is 18.6. The molecule has 0 saturated carbocycles. The van der Waals surface area contributed by atoms with Gasteiger partial charge in [-0.05, 0) is 48.7 Å². The zero-order valence-electron chi connectivity index (χ0n) is 17.1. The molecule has 0 fully saturated rings. The van der Waals surface area contributed by atoms with E-state index in [9.17, 15) is 14.0 Å². The van der Waals surface area contributed by atoms with E-state index in [1.807, 2.05) is 6.26 Å². The van der Waals surface area contributed by atoms with Gasteiger partial charge in [0.05, 0.1) is 25.5 Å². The molecule has 31 heavy (non-hydrogen) atoms. The van der Waals surface area contributed by atoms with E-state index in [4.69, 9.17) is 16.3 Å². The number of imidazole rings is 1. The topological polar surface area (TPSA) is 76.5 Å². The highest BCUT2D eigenvalue weighted by Gasteiger charge is 2.22. The average Bonchev–Trinajstić information content (AvgIpc) is 3.17. The molecule has 1 N–H and O–H groups in total. The predicted molar refractivity (Wildman–Crippen MR) is 119 cm³/mol. The predicted octanol–water partition coefficient (Wildman–Crippen LogP) is 4.11. The number of likely N-dealkylation sites (N-methyl/N-ethyl adjacent to an activating group) is 1. The van der Waals surface area contributed by atoms with Crippen molar-refractivity contribution in [1.29, 1.82) is 0 Å². The Morgan fingerprint density at radius 3 is 2.61 bits per heavy atom. The van der Waals surface area contributed by atoms with Crippen molar-refractivity contribution in [3.63, 3.8) is 0 Å². The Morgan fingerprint density at radius 2 is 1.97 bits per heavy atom. The van der Waals surface area contributed by atoms with Crippen LogP contribution in [0.15, 0.2) is 53.8 Å². The van der Waals surface area contributed by atoms with Gasteiger partial charge in [-0.15, -0.1) is 0 Å². The van der Waals surface area contributed by atoms with Crippen LogP contribution in [0.25, 0.3) is 5.69 Å². The van der Waals surface area contributed by atoms with Gasteiger partial charge >= 0.3 is 0 Å². The minimum absolute atomic E-state index is 0.211. The summed E-state index contributed by atoms with van der Waals surface area (Å²) in [5.74, 6) is -0.766. The first-order valence-corrected chi connectivity index (χ1v) is 10.7. The molecule has 162 valence electrons. The molecule has 10 heteroatoms. The third kappa shape index (κ3) is 5.18. The summed E-state index contributed by atoms with van der Waals surface area (Å²) in [6, 6.07) is 10.6. The molecule has 0 atom stereocenters. The molecule has 7 nitrogen and oxygen atoms in total. The minimum atomic E-state index is -0.422. The number of amides is 2. The Hall–Kier alpha value is -3.04. The Labute approximate surface area is 188 Å². The molecule has 0 aliphatic heterocycles.